The number of hydrogen-bond donors (Lipinski definition) is 1. The first-order valence-electron chi connectivity index (χ1n) is 9.00. The molecule has 1 aromatic heterocycles. The fraction of sp³-hybridized carbons (Fsp3) is 0.526. The van der Waals surface area contributed by atoms with Gasteiger partial charge in [-0.1, -0.05) is 43.3 Å². The van der Waals surface area contributed by atoms with E-state index in [0.717, 1.165) is 11.1 Å². The molecule has 1 atom stereocenters. The molecule has 0 spiro atoms. The molecule has 0 saturated carbocycles. The highest BCUT2D eigenvalue weighted by Gasteiger charge is 2.45. The molecule has 0 radical (unpaired) electrons. The van der Waals surface area contributed by atoms with E-state index in [4.69, 9.17) is 9.26 Å². The number of amides is 1. The average Bonchev–Trinajstić information content (AvgIpc) is 3.26. The number of aliphatic hydroxyl groups is 1. The van der Waals surface area contributed by atoms with Crippen molar-refractivity contribution < 1.29 is 19.2 Å². The van der Waals surface area contributed by atoms with E-state index in [0.29, 0.717) is 44.3 Å². The molecule has 1 saturated heterocycles. The first-order chi connectivity index (χ1) is 12.5. The minimum absolute atomic E-state index is 0.135. The summed E-state index contributed by atoms with van der Waals surface area (Å²) < 4.78 is 11.0. The number of carbonyl (C=O) groups excluding carboxylic acids is 1. The molecule has 2 aromatic rings. The number of benzene rings is 1. The molecule has 2 heterocycles. The van der Waals surface area contributed by atoms with Gasteiger partial charge in [0.1, 0.15) is 6.10 Å². The summed E-state index contributed by atoms with van der Waals surface area (Å²) >= 11 is 0. The third-order valence-corrected chi connectivity index (χ3v) is 5.08. The van der Waals surface area contributed by atoms with Crippen molar-refractivity contribution in [1.29, 1.82) is 0 Å². The number of rotatable bonds is 3. The summed E-state index contributed by atoms with van der Waals surface area (Å²) in [7, 11) is 0. The third-order valence-electron chi connectivity index (χ3n) is 5.08. The van der Waals surface area contributed by atoms with Gasteiger partial charge in [-0.3, -0.25) is 4.79 Å². The van der Waals surface area contributed by atoms with E-state index in [-0.39, 0.29) is 11.8 Å². The average molecular weight is 357 g/mol. The minimum atomic E-state index is -1.38. The SMILES string of the molecule is CC(C)c1nc([C@H]2CN(C(=O)C3(O)Cc4ccccc4C3)CCO2)no1. The number of morpholine rings is 1. The zero-order valence-corrected chi connectivity index (χ0v) is 15.0. The van der Waals surface area contributed by atoms with Gasteiger partial charge in [-0.05, 0) is 11.1 Å². The van der Waals surface area contributed by atoms with Crippen LogP contribution in [0.3, 0.4) is 0 Å². The van der Waals surface area contributed by atoms with Crippen molar-refractivity contribution in [2.24, 2.45) is 0 Å². The van der Waals surface area contributed by atoms with Crippen LogP contribution in [0, 0.1) is 0 Å². The monoisotopic (exact) mass is 357 g/mol. The quantitative estimate of drug-likeness (QED) is 0.898. The Morgan fingerprint density at radius 2 is 2.00 bits per heavy atom. The van der Waals surface area contributed by atoms with Crippen LogP contribution in [0.15, 0.2) is 28.8 Å². The van der Waals surface area contributed by atoms with Crippen LogP contribution < -0.4 is 0 Å². The Morgan fingerprint density at radius 3 is 2.62 bits per heavy atom. The number of hydrogen-bond acceptors (Lipinski definition) is 6. The van der Waals surface area contributed by atoms with Crippen molar-refractivity contribution in [3.8, 4) is 0 Å². The summed E-state index contributed by atoms with van der Waals surface area (Å²) in [5, 5.41) is 15.0. The molecule has 1 aromatic carbocycles. The van der Waals surface area contributed by atoms with Gasteiger partial charge >= 0.3 is 0 Å². The van der Waals surface area contributed by atoms with E-state index < -0.39 is 11.7 Å². The summed E-state index contributed by atoms with van der Waals surface area (Å²) in [5.41, 5.74) is 0.687. The van der Waals surface area contributed by atoms with Crippen LogP contribution in [0.25, 0.3) is 0 Å². The second-order valence-electron chi connectivity index (χ2n) is 7.41. The zero-order valence-electron chi connectivity index (χ0n) is 15.0. The van der Waals surface area contributed by atoms with Gasteiger partial charge in [0.25, 0.3) is 5.91 Å². The molecule has 2 aliphatic rings. The van der Waals surface area contributed by atoms with Gasteiger partial charge in [0, 0.05) is 25.3 Å². The Balaban J connectivity index is 1.48. The lowest BCUT2D eigenvalue weighted by Crippen LogP contribution is -2.53. The summed E-state index contributed by atoms with van der Waals surface area (Å²) in [6.07, 6.45) is 0.268. The topological polar surface area (TPSA) is 88.7 Å². The van der Waals surface area contributed by atoms with Gasteiger partial charge < -0.3 is 19.3 Å². The fourth-order valence-electron chi connectivity index (χ4n) is 3.64. The molecule has 26 heavy (non-hydrogen) atoms. The smallest absolute Gasteiger partial charge is 0.255 e. The first-order valence-corrected chi connectivity index (χ1v) is 9.00. The Kier molecular flexibility index (Phi) is 4.28. The number of ether oxygens (including phenoxy) is 1. The molecule has 138 valence electrons. The van der Waals surface area contributed by atoms with Gasteiger partial charge in [-0.25, -0.2) is 0 Å². The van der Waals surface area contributed by atoms with Crippen LogP contribution in [-0.2, 0) is 22.4 Å². The van der Waals surface area contributed by atoms with Gasteiger partial charge in [0.15, 0.2) is 5.60 Å². The summed E-state index contributed by atoms with van der Waals surface area (Å²) in [5.74, 6) is 0.884. The molecule has 4 rings (SSSR count). The normalized spacial score (nSPS) is 21.8. The van der Waals surface area contributed by atoms with E-state index >= 15 is 0 Å². The van der Waals surface area contributed by atoms with Crippen LogP contribution >= 0.6 is 0 Å². The van der Waals surface area contributed by atoms with Crippen LogP contribution in [-0.4, -0.2) is 51.4 Å². The molecule has 0 bridgehead atoms. The van der Waals surface area contributed by atoms with E-state index in [1.807, 2.05) is 38.1 Å². The van der Waals surface area contributed by atoms with Gasteiger partial charge in [-0.15, -0.1) is 0 Å². The van der Waals surface area contributed by atoms with Crippen molar-refractivity contribution in [3.63, 3.8) is 0 Å². The third kappa shape index (κ3) is 3.01. The summed E-state index contributed by atoms with van der Waals surface area (Å²) in [6, 6.07) is 7.80. The Labute approximate surface area is 152 Å². The highest BCUT2D eigenvalue weighted by molar-refractivity contribution is 5.87. The summed E-state index contributed by atoms with van der Waals surface area (Å²) in [4.78, 5) is 19.1. The van der Waals surface area contributed by atoms with Crippen molar-refractivity contribution in [1.82, 2.24) is 15.0 Å². The molecule has 0 unspecified atom stereocenters. The van der Waals surface area contributed by atoms with Crippen LogP contribution in [0.5, 0.6) is 0 Å². The van der Waals surface area contributed by atoms with Crippen LogP contribution in [0.4, 0.5) is 0 Å². The van der Waals surface area contributed by atoms with Crippen LogP contribution in [0.2, 0.25) is 0 Å². The second kappa shape index (κ2) is 6.48. The van der Waals surface area contributed by atoms with Crippen molar-refractivity contribution in [2.75, 3.05) is 19.7 Å². The maximum absolute atomic E-state index is 13.0. The Morgan fingerprint density at radius 1 is 1.31 bits per heavy atom. The Bertz CT molecular complexity index is 792. The zero-order chi connectivity index (χ0) is 18.3. The lowest BCUT2D eigenvalue weighted by molar-refractivity contribution is -0.158. The van der Waals surface area contributed by atoms with Crippen molar-refractivity contribution in [2.45, 2.75) is 44.3 Å². The molecule has 7 nitrogen and oxygen atoms in total. The first kappa shape index (κ1) is 17.2. The molecule has 1 aliphatic heterocycles. The number of fused-ring (bicyclic) bond motifs is 1. The van der Waals surface area contributed by atoms with Crippen LogP contribution in [0.1, 0.15) is 48.7 Å². The molecule has 1 amide bonds. The van der Waals surface area contributed by atoms with Gasteiger partial charge in [0.05, 0.1) is 13.2 Å². The largest absolute Gasteiger partial charge is 0.379 e. The van der Waals surface area contributed by atoms with Gasteiger partial charge in [0.2, 0.25) is 11.7 Å². The molecular formula is C19H23N3O4. The standard InChI is InChI=1S/C19H23N3O4/c1-12(2)17-20-16(21-26-17)15-11-22(7-8-25-15)18(23)19(24)9-13-5-3-4-6-14(13)10-19/h3-6,12,15,24H,7-11H2,1-2H3/t15-/m1/s1. The van der Waals surface area contributed by atoms with Gasteiger partial charge in [-0.2, -0.15) is 4.98 Å². The molecular weight excluding hydrogens is 334 g/mol. The molecule has 7 heteroatoms. The van der Waals surface area contributed by atoms with Crippen molar-refractivity contribution >= 4 is 5.91 Å². The molecule has 1 N–H and O–H groups in total. The van der Waals surface area contributed by atoms with E-state index in [1.165, 1.54) is 0 Å². The number of nitrogens with zero attached hydrogens (tertiary/aromatic N) is 3. The number of aromatic nitrogens is 2. The second-order valence-corrected chi connectivity index (χ2v) is 7.41. The maximum Gasteiger partial charge on any atom is 0.255 e. The molecule has 1 fully saturated rings. The minimum Gasteiger partial charge on any atom is -0.379 e. The van der Waals surface area contributed by atoms with Crippen molar-refractivity contribution in [3.05, 3.63) is 47.1 Å². The van der Waals surface area contributed by atoms with E-state index in [1.54, 1.807) is 4.90 Å². The Hall–Kier alpha value is -2.25. The highest BCUT2D eigenvalue weighted by atomic mass is 16.5. The molecule has 1 aliphatic carbocycles. The maximum atomic E-state index is 13.0. The lowest BCUT2D eigenvalue weighted by Gasteiger charge is -2.35. The van der Waals surface area contributed by atoms with E-state index in [9.17, 15) is 9.90 Å². The summed E-state index contributed by atoms with van der Waals surface area (Å²) in [6.45, 7) is 5.09. The predicted molar refractivity (Wildman–Crippen MR) is 92.5 cm³/mol. The highest BCUT2D eigenvalue weighted by Crippen LogP contribution is 2.33. The lowest BCUT2D eigenvalue weighted by atomic mass is 9.98. The fourth-order valence-corrected chi connectivity index (χ4v) is 3.64. The van der Waals surface area contributed by atoms with E-state index in [2.05, 4.69) is 10.1 Å². The number of carbonyl (C=O) groups is 1. The predicted octanol–water partition coefficient (Wildman–Crippen LogP) is 1.62.